The fourth-order valence-corrected chi connectivity index (χ4v) is 3.01. The first kappa shape index (κ1) is 17.7. The first-order valence-corrected chi connectivity index (χ1v) is 8.50. The molecule has 5 nitrogen and oxygen atoms in total. The summed E-state index contributed by atoms with van der Waals surface area (Å²) in [4.78, 5) is 0. The molecular weight excluding hydrogens is 320 g/mol. The summed E-state index contributed by atoms with van der Waals surface area (Å²) in [6.07, 6.45) is 0.0842. The highest BCUT2D eigenvalue weighted by Crippen LogP contribution is 2.27. The molecule has 5 heteroatoms. The quantitative estimate of drug-likeness (QED) is 0.843. The molecular formula is C20H24O5. The van der Waals surface area contributed by atoms with Crippen LogP contribution >= 0.6 is 0 Å². The van der Waals surface area contributed by atoms with Gasteiger partial charge in [-0.15, -0.1) is 0 Å². The van der Waals surface area contributed by atoms with Crippen molar-refractivity contribution in [3.05, 3.63) is 59.7 Å². The number of benzene rings is 2. The molecule has 3 atom stereocenters. The van der Waals surface area contributed by atoms with Crippen molar-refractivity contribution < 1.29 is 24.4 Å². The topological polar surface area (TPSA) is 68.2 Å². The van der Waals surface area contributed by atoms with Gasteiger partial charge in [0.25, 0.3) is 0 Å². The van der Waals surface area contributed by atoms with E-state index in [-0.39, 0.29) is 12.7 Å². The second-order valence-electron chi connectivity index (χ2n) is 6.25. The van der Waals surface area contributed by atoms with Crippen LogP contribution in [0.5, 0.6) is 11.5 Å². The molecule has 1 saturated heterocycles. The van der Waals surface area contributed by atoms with E-state index in [0.29, 0.717) is 12.8 Å². The molecule has 3 rings (SSSR count). The molecule has 0 radical (unpaired) electrons. The predicted molar refractivity (Wildman–Crippen MR) is 93.9 cm³/mol. The number of aliphatic hydroxyl groups excluding tert-OH is 2. The summed E-state index contributed by atoms with van der Waals surface area (Å²) >= 11 is 0. The lowest BCUT2D eigenvalue weighted by Crippen LogP contribution is -2.40. The molecule has 0 aliphatic carbocycles. The maximum Gasteiger partial charge on any atom is 0.202 e. The van der Waals surface area contributed by atoms with Crippen molar-refractivity contribution in [3.8, 4) is 11.5 Å². The minimum absolute atomic E-state index is 0.121. The van der Waals surface area contributed by atoms with Crippen LogP contribution in [0.15, 0.2) is 48.5 Å². The summed E-state index contributed by atoms with van der Waals surface area (Å²) in [5.41, 5.74) is 2.19. The van der Waals surface area contributed by atoms with Crippen LogP contribution in [-0.4, -0.2) is 42.4 Å². The van der Waals surface area contributed by atoms with Crippen LogP contribution in [0.25, 0.3) is 0 Å². The zero-order valence-electron chi connectivity index (χ0n) is 14.3. The van der Waals surface area contributed by atoms with Gasteiger partial charge in [-0.3, -0.25) is 0 Å². The molecule has 0 bridgehead atoms. The Morgan fingerprint density at radius 1 is 1.08 bits per heavy atom. The van der Waals surface area contributed by atoms with Gasteiger partial charge < -0.3 is 24.4 Å². The number of aliphatic hydroxyl groups is 2. The normalized spacial score (nSPS) is 23.2. The maximum absolute atomic E-state index is 9.93. The Labute approximate surface area is 147 Å². The van der Waals surface area contributed by atoms with Gasteiger partial charge in [0.05, 0.1) is 25.9 Å². The number of hydrogen-bond acceptors (Lipinski definition) is 5. The largest absolute Gasteiger partial charge is 0.497 e. The fourth-order valence-electron chi connectivity index (χ4n) is 3.01. The highest BCUT2D eigenvalue weighted by molar-refractivity contribution is 5.39. The van der Waals surface area contributed by atoms with Gasteiger partial charge in [-0.1, -0.05) is 30.3 Å². The van der Waals surface area contributed by atoms with Gasteiger partial charge >= 0.3 is 0 Å². The van der Waals surface area contributed by atoms with Crippen molar-refractivity contribution in [2.45, 2.75) is 37.8 Å². The van der Waals surface area contributed by atoms with Crippen LogP contribution < -0.4 is 9.47 Å². The van der Waals surface area contributed by atoms with Gasteiger partial charge in [0.1, 0.15) is 11.5 Å². The van der Waals surface area contributed by atoms with Gasteiger partial charge in [0.2, 0.25) is 6.29 Å². The summed E-state index contributed by atoms with van der Waals surface area (Å²) in [7, 11) is 1.65. The van der Waals surface area contributed by atoms with Gasteiger partial charge in [-0.25, -0.2) is 0 Å². The van der Waals surface area contributed by atoms with Gasteiger partial charge in [-0.2, -0.15) is 0 Å². The minimum Gasteiger partial charge on any atom is -0.497 e. The Balaban J connectivity index is 1.71. The lowest BCUT2D eigenvalue weighted by Gasteiger charge is -2.32. The van der Waals surface area contributed by atoms with E-state index in [2.05, 4.69) is 0 Å². The molecule has 0 amide bonds. The highest BCUT2D eigenvalue weighted by atomic mass is 16.7. The van der Waals surface area contributed by atoms with Crippen LogP contribution in [0.2, 0.25) is 0 Å². The van der Waals surface area contributed by atoms with Crippen LogP contribution in [0.4, 0.5) is 0 Å². The van der Waals surface area contributed by atoms with Crippen LogP contribution in [0.1, 0.15) is 24.0 Å². The Bertz CT molecular complexity index is 670. The first-order valence-electron chi connectivity index (χ1n) is 8.50. The maximum atomic E-state index is 9.93. The SMILES string of the molecule is COc1ccc(Cc2ccccc2O[C@H]2C[C@@H](O)C[C@@H](CO)O2)cc1. The average molecular weight is 344 g/mol. The van der Waals surface area contributed by atoms with Crippen molar-refractivity contribution in [2.75, 3.05) is 13.7 Å². The number of ether oxygens (including phenoxy) is 3. The van der Waals surface area contributed by atoms with E-state index >= 15 is 0 Å². The molecule has 25 heavy (non-hydrogen) atoms. The Morgan fingerprint density at radius 2 is 1.84 bits per heavy atom. The lowest BCUT2D eigenvalue weighted by atomic mass is 10.0. The molecule has 2 aromatic rings. The molecule has 0 unspecified atom stereocenters. The summed E-state index contributed by atoms with van der Waals surface area (Å²) in [5, 5.41) is 19.2. The molecule has 2 aromatic carbocycles. The Hall–Kier alpha value is -2.08. The number of methoxy groups -OCH3 is 1. The van der Waals surface area contributed by atoms with Crippen LogP contribution in [0, 0.1) is 0 Å². The zero-order valence-corrected chi connectivity index (χ0v) is 14.3. The summed E-state index contributed by atoms with van der Waals surface area (Å²) < 4.78 is 16.9. The number of para-hydroxylation sites is 1. The van der Waals surface area contributed by atoms with Gasteiger partial charge in [-0.05, 0) is 29.3 Å². The van der Waals surface area contributed by atoms with E-state index in [1.807, 2.05) is 48.5 Å². The molecule has 134 valence electrons. The van der Waals surface area contributed by atoms with E-state index in [9.17, 15) is 10.2 Å². The zero-order chi connectivity index (χ0) is 17.6. The monoisotopic (exact) mass is 344 g/mol. The van der Waals surface area contributed by atoms with E-state index in [4.69, 9.17) is 14.2 Å². The smallest absolute Gasteiger partial charge is 0.202 e. The molecule has 1 aliphatic rings. The van der Waals surface area contributed by atoms with Crippen LogP contribution in [0.3, 0.4) is 0 Å². The summed E-state index contributed by atoms with van der Waals surface area (Å²) in [5.74, 6) is 1.56. The minimum atomic E-state index is -0.557. The number of rotatable bonds is 6. The molecule has 2 N–H and O–H groups in total. The van der Waals surface area contributed by atoms with Crippen molar-refractivity contribution >= 4 is 0 Å². The summed E-state index contributed by atoms with van der Waals surface area (Å²) in [6, 6.07) is 15.7. The second kappa shape index (κ2) is 8.34. The van der Waals surface area contributed by atoms with Crippen molar-refractivity contribution in [2.24, 2.45) is 0 Å². The van der Waals surface area contributed by atoms with E-state index in [1.54, 1.807) is 7.11 Å². The molecule has 1 aliphatic heterocycles. The fraction of sp³-hybridized carbons (Fsp3) is 0.400. The number of hydrogen-bond donors (Lipinski definition) is 2. The first-order chi connectivity index (χ1) is 12.2. The Morgan fingerprint density at radius 3 is 2.56 bits per heavy atom. The lowest BCUT2D eigenvalue weighted by molar-refractivity contribution is -0.184. The van der Waals surface area contributed by atoms with Gasteiger partial charge in [0, 0.05) is 19.3 Å². The average Bonchev–Trinajstić information content (AvgIpc) is 2.63. The van der Waals surface area contributed by atoms with Crippen LogP contribution in [-0.2, 0) is 11.2 Å². The standard InChI is InChI=1S/C20H24O5/c1-23-17-8-6-14(7-9-17)10-15-4-2-3-5-19(15)25-20-12-16(22)11-18(13-21)24-20/h2-9,16,18,20-22H,10-13H2,1H3/t16-,18-,20-/m0/s1. The Kier molecular flexibility index (Phi) is 5.91. The molecule has 1 heterocycles. The van der Waals surface area contributed by atoms with Gasteiger partial charge in [0.15, 0.2) is 0 Å². The molecule has 0 spiro atoms. The third kappa shape index (κ3) is 4.72. The summed E-state index contributed by atoms with van der Waals surface area (Å²) in [6.45, 7) is -0.121. The predicted octanol–water partition coefficient (Wildman–Crippen LogP) is 2.52. The van der Waals surface area contributed by atoms with Crippen molar-refractivity contribution in [3.63, 3.8) is 0 Å². The van der Waals surface area contributed by atoms with E-state index < -0.39 is 12.4 Å². The van der Waals surface area contributed by atoms with E-state index in [0.717, 1.165) is 29.0 Å². The second-order valence-corrected chi connectivity index (χ2v) is 6.25. The molecule has 0 aromatic heterocycles. The van der Waals surface area contributed by atoms with Crippen molar-refractivity contribution in [1.29, 1.82) is 0 Å². The highest BCUT2D eigenvalue weighted by Gasteiger charge is 2.29. The third-order valence-electron chi connectivity index (χ3n) is 4.33. The molecule has 1 fully saturated rings. The van der Waals surface area contributed by atoms with E-state index in [1.165, 1.54) is 0 Å². The third-order valence-corrected chi connectivity index (χ3v) is 4.33. The molecule has 0 saturated carbocycles. The van der Waals surface area contributed by atoms with Crippen molar-refractivity contribution in [1.82, 2.24) is 0 Å².